The minimum absolute atomic E-state index is 0.219. The SMILES string of the molecule is C=CCC(NC)c1cc(F)ccc1F. The summed E-state index contributed by atoms with van der Waals surface area (Å²) in [6.45, 7) is 3.57. The Morgan fingerprint density at radius 1 is 1.50 bits per heavy atom. The van der Waals surface area contributed by atoms with Crippen LogP contribution in [0, 0.1) is 11.6 Å². The third-order valence-electron chi connectivity index (χ3n) is 2.08. The first-order chi connectivity index (χ1) is 6.69. The van der Waals surface area contributed by atoms with Crippen LogP contribution in [0.2, 0.25) is 0 Å². The van der Waals surface area contributed by atoms with Gasteiger partial charge in [-0.05, 0) is 31.7 Å². The fraction of sp³-hybridized carbons (Fsp3) is 0.273. The Morgan fingerprint density at radius 2 is 2.21 bits per heavy atom. The number of rotatable bonds is 4. The lowest BCUT2D eigenvalue weighted by Gasteiger charge is -2.15. The van der Waals surface area contributed by atoms with E-state index in [4.69, 9.17) is 0 Å². The van der Waals surface area contributed by atoms with E-state index in [1.165, 1.54) is 6.07 Å². The molecule has 1 nitrogen and oxygen atoms in total. The van der Waals surface area contributed by atoms with Crippen molar-refractivity contribution in [3.63, 3.8) is 0 Å². The van der Waals surface area contributed by atoms with Crippen LogP contribution in [0.25, 0.3) is 0 Å². The zero-order valence-electron chi connectivity index (χ0n) is 8.06. The van der Waals surface area contributed by atoms with Crippen molar-refractivity contribution in [1.29, 1.82) is 0 Å². The topological polar surface area (TPSA) is 12.0 Å². The minimum atomic E-state index is -0.425. The molecule has 0 saturated heterocycles. The first-order valence-corrected chi connectivity index (χ1v) is 4.42. The predicted molar refractivity (Wildman–Crippen MR) is 53.0 cm³/mol. The molecule has 0 amide bonds. The van der Waals surface area contributed by atoms with E-state index in [0.29, 0.717) is 12.0 Å². The summed E-state index contributed by atoms with van der Waals surface area (Å²) in [5, 5.41) is 2.91. The molecule has 3 heteroatoms. The van der Waals surface area contributed by atoms with E-state index >= 15 is 0 Å². The molecule has 0 heterocycles. The highest BCUT2D eigenvalue weighted by atomic mass is 19.1. The molecule has 1 rings (SSSR count). The van der Waals surface area contributed by atoms with Crippen LogP contribution in [0.3, 0.4) is 0 Å². The summed E-state index contributed by atoms with van der Waals surface area (Å²) in [5.74, 6) is -0.821. The average Bonchev–Trinajstić information content (AvgIpc) is 2.18. The third-order valence-corrected chi connectivity index (χ3v) is 2.08. The van der Waals surface area contributed by atoms with Gasteiger partial charge in [0.05, 0.1) is 0 Å². The Kier molecular flexibility index (Phi) is 3.77. The number of hydrogen-bond donors (Lipinski definition) is 1. The fourth-order valence-electron chi connectivity index (χ4n) is 1.35. The van der Waals surface area contributed by atoms with Gasteiger partial charge in [-0.2, -0.15) is 0 Å². The van der Waals surface area contributed by atoms with Gasteiger partial charge in [0.15, 0.2) is 0 Å². The van der Waals surface area contributed by atoms with E-state index in [9.17, 15) is 8.78 Å². The molecule has 0 spiro atoms. The van der Waals surface area contributed by atoms with E-state index in [0.717, 1.165) is 12.1 Å². The first kappa shape index (κ1) is 10.9. The molecular formula is C11H13F2N. The number of benzene rings is 1. The molecule has 1 unspecified atom stereocenters. The molecule has 1 atom stereocenters. The molecule has 0 aliphatic carbocycles. The molecule has 1 aromatic rings. The van der Waals surface area contributed by atoms with Gasteiger partial charge in [0.25, 0.3) is 0 Å². The number of nitrogens with one attached hydrogen (secondary N) is 1. The molecule has 0 saturated carbocycles. The lowest BCUT2D eigenvalue weighted by molar-refractivity contribution is 0.528. The zero-order chi connectivity index (χ0) is 10.6. The van der Waals surface area contributed by atoms with E-state index in [1.807, 2.05) is 0 Å². The molecule has 0 fully saturated rings. The highest BCUT2D eigenvalue weighted by molar-refractivity contribution is 5.22. The summed E-state index contributed by atoms with van der Waals surface area (Å²) in [5.41, 5.74) is 0.340. The third kappa shape index (κ3) is 2.39. The molecule has 0 aliphatic heterocycles. The normalized spacial score (nSPS) is 12.5. The second kappa shape index (κ2) is 4.86. The van der Waals surface area contributed by atoms with Gasteiger partial charge in [-0.1, -0.05) is 6.08 Å². The maximum Gasteiger partial charge on any atom is 0.128 e. The summed E-state index contributed by atoms with van der Waals surface area (Å²) in [6.07, 6.45) is 2.24. The van der Waals surface area contributed by atoms with Crippen molar-refractivity contribution in [1.82, 2.24) is 5.32 Å². The van der Waals surface area contributed by atoms with Crippen LogP contribution >= 0.6 is 0 Å². The summed E-state index contributed by atoms with van der Waals surface area (Å²) < 4.78 is 26.2. The van der Waals surface area contributed by atoms with Crippen LogP contribution in [0.1, 0.15) is 18.0 Å². The highest BCUT2D eigenvalue weighted by Crippen LogP contribution is 2.20. The Hall–Kier alpha value is -1.22. The molecule has 1 aromatic carbocycles. The van der Waals surface area contributed by atoms with Gasteiger partial charge in [-0.15, -0.1) is 6.58 Å². The standard InChI is InChI=1S/C11H13F2N/c1-3-4-11(14-2)9-7-8(12)5-6-10(9)13/h3,5-7,11,14H,1,4H2,2H3. The Morgan fingerprint density at radius 3 is 2.79 bits per heavy atom. The van der Waals surface area contributed by atoms with Crippen LogP contribution in [0.15, 0.2) is 30.9 Å². The second-order valence-corrected chi connectivity index (χ2v) is 3.03. The molecule has 0 bridgehead atoms. The van der Waals surface area contributed by atoms with Gasteiger partial charge in [0.2, 0.25) is 0 Å². The Bertz CT molecular complexity index is 323. The van der Waals surface area contributed by atoms with Crippen molar-refractivity contribution < 1.29 is 8.78 Å². The zero-order valence-corrected chi connectivity index (χ0v) is 8.06. The van der Waals surface area contributed by atoms with Gasteiger partial charge in [0, 0.05) is 11.6 Å². The van der Waals surface area contributed by atoms with Gasteiger partial charge >= 0.3 is 0 Å². The van der Waals surface area contributed by atoms with Crippen LogP contribution in [-0.2, 0) is 0 Å². The van der Waals surface area contributed by atoms with Crippen molar-refractivity contribution in [3.05, 3.63) is 48.1 Å². The monoisotopic (exact) mass is 197 g/mol. The van der Waals surface area contributed by atoms with Gasteiger partial charge in [-0.25, -0.2) is 8.78 Å². The molecule has 1 N–H and O–H groups in total. The van der Waals surface area contributed by atoms with Crippen molar-refractivity contribution in [2.45, 2.75) is 12.5 Å². The lowest BCUT2D eigenvalue weighted by Crippen LogP contribution is -2.17. The van der Waals surface area contributed by atoms with Crippen LogP contribution in [0.5, 0.6) is 0 Å². The van der Waals surface area contributed by atoms with Crippen molar-refractivity contribution in [2.24, 2.45) is 0 Å². The maximum atomic E-state index is 13.3. The second-order valence-electron chi connectivity index (χ2n) is 3.03. The van der Waals surface area contributed by atoms with Crippen molar-refractivity contribution in [2.75, 3.05) is 7.05 Å². The maximum absolute atomic E-state index is 13.3. The summed E-state index contributed by atoms with van der Waals surface area (Å²) in [4.78, 5) is 0. The molecule has 0 aromatic heterocycles. The predicted octanol–water partition coefficient (Wildman–Crippen LogP) is 2.80. The molecule has 0 radical (unpaired) electrons. The molecular weight excluding hydrogens is 184 g/mol. The smallest absolute Gasteiger partial charge is 0.128 e. The van der Waals surface area contributed by atoms with Crippen molar-refractivity contribution >= 4 is 0 Å². The van der Waals surface area contributed by atoms with Crippen LogP contribution in [0.4, 0.5) is 8.78 Å². The van der Waals surface area contributed by atoms with Gasteiger partial charge in [-0.3, -0.25) is 0 Å². The van der Waals surface area contributed by atoms with Crippen molar-refractivity contribution in [3.8, 4) is 0 Å². The van der Waals surface area contributed by atoms with E-state index in [2.05, 4.69) is 11.9 Å². The van der Waals surface area contributed by atoms with E-state index < -0.39 is 11.6 Å². The Labute approximate surface area is 82.4 Å². The van der Waals surface area contributed by atoms with Crippen LogP contribution in [-0.4, -0.2) is 7.05 Å². The molecule has 76 valence electrons. The number of hydrogen-bond acceptors (Lipinski definition) is 1. The highest BCUT2D eigenvalue weighted by Gasteiger charge is 2.12. The van der Waals surface area contributed by atoms with Gasteiger partial charge < -0.3 is 5.32 Å². The quantitative estimate of drug-likeness (QED) is 0.732. The molecule has 0 aliphatic rings. The summed E-state index contributed by atoms with van der Waals surface area (Å²) in [7, 11) is 1.71. The van der Waals surface area contributed by atoms with E-state index in [1.54, 1.807) is 13.1 Å². The largest absolute Gasteiger partial charge is 0.313 e. The lowest BCUT2D eigenvalue weighted by atomic mass is 10.0. The minimum Gasteiger partial charge on any atom is -0.313 e. The van der Waals surface area contributed by atoms with E-state index in [-0.39, 0.29) is 6.04 Å². The molecule has 14 heavy (non-hydrogen) atoms. The van der Waals surface area contributed by atoms with Gasteiger partial charge in [0.1, 0.15) is 11.6 Å². The van der Waals surface area contributed by atoms with Crippen LogP contribution < -0.4 is 5.32 Å². The average molecular weight is 197 g/mol. The summed E-state index contributed by atoms with van der Waals surface area (Å²) in [6, 6.07) is 3.24. The summed E-state index contributed by atoms with van der Waals surface area (Å²) >= 11 is 0. The first-order valence-electron chi connectivity index (χ1n) is 4.42. The Balaban J connectivity index is 3.01. The fourth-order valence-corrected chi connectivity index (χ4v) is 1.35. The number of halogens is 2.